The minimum absolute atomic E-state index is 0.0888. The van der Waals surface area contributed by atoms with Gasteiger partial charge in [-0.1, -0.05) is 18.6 Å². The number of carbonyl (C=O) groups excluding carboxylic acids is 1. The van der Waals surface area contributed by atoms with Crippen LogP contribution in [0.3, 0.4) is 0 Å². The standard InChI is InChI=1S/C19H30N2O3/c1-15(11-12-23-2)21-19(22)20-14-16-7-6-10-18(13-16)24-17-8-4-3-5-9-17/h6-7,10,13,15,17H,3-5,8-9,11-12,14H2,1-2H3,(H2,20,21,22). The van der Waals surface area contributed by atoms with E-state index < -0.39 is 0 Å². The van der Waals surface area contributed by atoms with E-state index in [4.69, 9.17) is 9.47 Å². The van der Waals surface area contributed by atoms with Crippen LogP contribution in [0.2, 0.25) is 0 Å². The van der Waals surface area contributed by atoms with Gasteiger partial charge in [0.1, 0.15) is 5.75 Å². The highest BCUT2D eigenvalue weighted by atomic mass is 16.5. The van der Waals surface area contributed by atoms with Gasteiger partial charge < -0.3 is 20.1 Å². The molecule has 0 bridgehead atoms. The summed E-state index contributed by atoms with van der Waals surface area (Å²) in [4.78, 5) is 11.9. The maximum atomic E-state index is 11.9. The average molecular weight is 334 g/mol. The summed E-state index contributed by atoms with van der Waals surface area (Å²) in [7, 11) is 1.66. The molecule has 1 atom stereocenters. The van der Waals surface area contributed by atoms with Gasteiger partial charge in [0.2, 0.25) is 0 Å². The first kappa shape index (κ1) is 18.6. The van der Waals surface area contributed by atoms with Crippen molar-refractivity contribution < 1.29 is 14.3 Å². The van der Waals surface area contributed by atoms with Crippen LogP contribution < -0.4 is 15.4 Å². The molecule has 2 rings (SSSR count). The summed E-state index contributed by atoms with van der Waals surface area (Å²) in [6.45, 7) is 3.10. The highest BCUT2D eigenvalue weighted by Crippen LogP contribution is 2.23. The largest absolute Gasteiger partial charge is 0.490 e. The smallest absolute Gasteiger partial charge is 0.315 e. The third-order valence-electron chi connectivity index (χ3n) is 4.34. The molecular formula is C19H30N2O3. The molecule has 1 aliphatic carbocycles. The molecule has 5 nitrogen and oxygen atoms in total. The summed E-state index contributed by atoms with van der Waals surface area (Å²) in [6.07, 6.45) is 7.26. The van der Waals surface area contributed by atoms with E-state index in [1.165, 1.54) is 19.3 Å². The van der Waals surface area contributed by atoms with E-state index in [0.717, 1.165) is 30.6 Å². The molecule has 1 aromatic carbocycles. The fourth-order valence-corrected chi connectivity index (χ4v) is 2.93. The van der Waals surface area contributed by atoms with Crippen LogP contribution in [0.4, 0.5) is 4.79 Å². The Morgan fingerprint density at radius 3 is 2.83 bits per heavy atom. The van der Waals surface area contributed by atoms with Crippen LogP contribution in [0.1, 0.15) is 51.0 Å². The molecule has 0 spiro atoms. The van der Waals surface area contributed by atoms with Gasteiger partial charge in [0.25, 0.3) is 0 Å². The van der Waals surface area contributed by atoms with Crippen LogP contribution in [0.15, 0.2) is 24.3 Å². The van der Waals surface area contributed by atoms with E-state index in [0.29, 0.717) is 19.3 Å². The summed E-state index contributed by atoms with van der Waals surface area (Å²) in [6, 6.07) is 7.92. The zero-order valence-corrected chi connectivity index (χ0v) is 14.8. The molecule has 5 heteroatoms. The molecule has 24 heavy (non-hydrogen) atoms. The lowest BCUT2D eigenvalue weighted by molar-refractivity contribution is 0.155. The van der Waals surface area contributed by atoms with E-state index in [9.17, 15) is 4.79 Å². The van der Waals surface area contributed by atoms with E-state index in [-0.39, 0.29) is 12.1 Å². The Kier molecular flexibility index (Phi) is 7.89. The Hall–Kier alpha value is -1.75. The molecule has 0 saturated heterocycles. The second-order valence-corrected chi connectivity index (χ2v) is 6.53. The molecule has 2 N–H and O–H groups in total. The van der Waals surface area contributed by atoms with Crippen LogP contribution in [-0.4, -0.2) is 31.9 Å². The molecule has 0 aromatic heterocycles. The molecule has 134 valence electrons. The SMILES string of the molecule is COCCC(C)NC(=O)NCc1cccc(OC2CCCCC2)c1. The van der Waals surface area contributed by atoms with Crippen molar-refractivity contribution in [2.45, 2.75) is 64.1 Å². The number of ether oxygens (including phenoxy) is 2. The van der Waals surface area contributed by atoms with Crippen LogP contribution in [-0.2, 0) is 11.3 Å². The Morgan fingerprint density at radius 1 is 1.29 bits per heavy atom. The predicted octanol–water partition coefficient (Wildman–Crippen LogP) is 3.62. The number of hydrogen-bond donors (Lipinski definition) is 2. The fraction of sp³-hybridized carbons (Fsp3) is 0.632. The number of rotatable bonds is 8. The normalized spacial score (nSPS) is 16.4. The van der Waals surface area contributed by atoms with Crippen molar-refractivity contribution in [2.75, 3.05) is 13.7 Å². The van der Waals surface area contributed by atoms with Crippen molar-refractivity contribution in [3.8, 4) is 5.75 Å². The quantitative estimate of drug-likeness (QED) is 0.763. The van der Waals surface area contributed by atoms with Gasteiger partial charge in [-0.25, -0.2) is 4.79 Å². The van der Waals surface area contributed by atoms with E-state index in [1.807, 2.05) is 31.2 Å². The maximum absolute atomic E-state index is 11.9. The van der Waals surface area contributed by atoms with Gasteiger partial charge in [-0.05, 0) is 56.7 Å². The summed E-state index contributed by atoms with van der Waals surface area (Å²) in [5.41, 5.74) is 1.04. The Morgan fingerprint density at radius 2 is 2.08 bits per heavy atom. The highest BCUT2D eigenvalue weighted by molar-refractivity contribution is 5.74. The molecule has 1 fully saturated rings. The van der Waals surface area contributed by atoms with Gasteiger partial charge >= 0.3 is 6.03 Å². The van der Waals surface area contributed by atoms with Crippen molar-refractivity contribution in [1.82, 2.24) is 10.6 Å². The monoisotopic (exact) mass is 334 g/mol. The third kappa shape index (κ3) is 6.79. The predicted molar refractivity (Wildman–Crippen MR) is 95.3 cm³/mol. The second-order valence-electron chi connectivity index (χ2n) is 6.53. The minimum Gasteiger partial charge on any atom is -0.490 e. The average Bonchev–Trinajstić information content (AvgIpc) is 2.59. The summed E-state index contributed by atoms with van der Waals surface area (Å²) < 4.78 is 11.1. The van der Waals surface area contributed by atoms with Gasteiger partial charge in [-0.3, -0.25) is 0 Å². The van der Waals surface area contributed by atoms with Crippen molar-refractivity contribution in [3.05, 3.63) is 29.8 Å². The van der Waals surface area contributed by atoms with Gasteiger partial charge in [-0.2, -0.15) is 0 Å². The van der Waals surface area contributed by atoms with E-state index >= 15 is 0 Å². The maximum Gasteiger partial charge on any atom is 0.315 e. The number of carbonyl (C=O) groups is 1. The first-order chi connectivity index (χ1) is 11.7. The zero-order chi connectivity index (χ0) is 17.2. The van der Waals surface area contributed by atoms with Gasteiger partial charge in [0.05, 0.1) is 6.10 Å². The molecule has 1 unspecified atom stereocenters. The zero-order valence-electron chi connectivity index (χ0n) is 14.8. The molecule has 0 aliphatic heterocycles. The first-order valence-electron chi connectivity index (χ1n) is 8.96. The molecule has 0 heterocycles. The molecule has 2 amide bonds. The lowest BCUT2D eigenvalue weighted by atomic mass is 9.98. The van der Waals surface area contributed by atoms with Crippen LogP contribution in [0, 0.1) is 0 Å². The number of nitrogens with one attached hydrogen (secondary N) is 2. The number of amides is 2. The lowest BCUT2D eigenvalue weighted by Crippen LogP contribution is -2.40. The Balaban J connectivity index is 1.75. The van der Waals surface area contributed by atoms with Crippen molar-refractivity contribution in [3.63, 3.8) is 0 Å². The number of hydrogen-bond acceptors (Lipinski definition) is 3. The Labute approximate surface area is 145 Å². The van der Waals surface area contributed by atoms with E-state index in [1.54, 1.807) is 7.11 Å². The van der Waals surface area contributed by atoms with Crippen LogP contribution in [0.25, 0.3) is 0 Å². The van der Waals surface area contributed by atoms with Crippen molar-refractivity contribution in [2.24, 2.45) is 0 Å². The second kappa shape index (κ2) is 10.2. The number of urea groups is 1. The third-order valence-corrected chi connectivity index (χ3v) is 4.34. The van der Waals surface area contributed by atoms with Crippen LogP contribution >= 0.6 is 0 Å². The topological polar surface area (TPSA) is 59.6 Å². The highest BCUT2D eigenvalue weighted by Gasteiger charge is 2.15. The van der Waals surface area contributed by atoms with Gasteiger partial charge in [0.15, 0.2) is 0 Å². The molecule has 1 saturated carbocycles. The van der Waals surface area contributed by atoms with Gasteiger partial charge in [-0.15, -0.1) is 0 Å². The van der Waals surface area contributed by atoms with E-state index in [2.05, 4.69) is 10.6 Å². The Bertz CT molecular complexity index is 501. The number of methoxy groups -OCH3 is 1. The summed E-state index contributed by atoms with van der Waals surface area (Å²) >= 11 is 0. The van der Waals surface area contributed by atoms with Gasteiger partial charge in [0, 0.05) is 26.3 Å². The molecule has 1 aliphatic rings. The molecular weight excluding hydrogens is 304 g/mol. The van der Waals surface area contributed by atoms with Crippen molar-refractivity contribution >= 4 is 6.03 Å². The minimum atomic E-state index is -0.155. The lowest BCUT2D eigenvalue weighted by Gasteiger charge is -2.23. The van der Waals surface area contributed by atoms with Crippen LogP contribution in [0.5, 0.6) is 5.75 Å². The number of benzene rings is 1. The summed E-state index contributed by atoms with van der Waals surface area (Å²) in [5.74, 6) is 0.898. The van der Waals surface area contributed by atoms with Crippen molar-refractivity contribution in [1.29, 1.82) is 0 Å². The molecule has 1 aromatic rings. The fourth-order valence-electron chi connectivity index (χ4n) is 2.93. The molecule has 0 radical (unpaired) electrons. The summed E-state index contributed by atoms with van der Waals surface area (Å²) in [5, 5.41) is 5.79. The first-order valence-corrected chi connectivity index (χ1v) is 8.96.